The average molecular weight is 453 g/mol. The molecule has 31 heavy (non-hydrogen) atoms. The fourth-order valence-electron chi connectivity index (χ4n) is 3.08. The van der Waals surface area contributed by atoms with E-state index in [4.69, 9.17) is 15.0 Å². The van der Waals surface area contributed by atoms with Crippen molar-refractivity contribution in [2.45, 2.75) is 50.2 Å². The van der Waals surface area contributed by atoms with Gasteiger partial charge in [0.2, 0.25) is 0 Å². The largest absolute Gasteiger partial charge is 0.444 e. The number of amides is 1. The maximum Gasteiger partial charge on any atom is 0.410 e. The number of hydrogen-bond donors (Lipinski definition) is 2. The fourth-order valence-corrected chi connectivity index (χ4v) is 3.56. The molecular formula is C22H29FN2O5S. The first-order valence-corrected chi connectivity index (χ1v) is 11.2. The highest BCUT2D eigenvalue weighted by Gasteiger charge is 2.35. The van der Waals surface area contributed by atoms with Crippen LogP contribution in [0.15, 0.2) is 53.4 Å². The van der Waals surface area contributed by atoms with Crippen molar-refractivity contribution in [1.82, 2.24) is 4.90 Å². The number of likely N-dealkylation sites (tertiary alicyclic amines) is 1. The number of nitrogens with two attached hydrogens (primary N) is 1. The second kappa shape index (κ2) is 9.76. The van der Waals surface area contributed by atoms with Crippen molar-refractivity contribution in [3.63, 3.8) is 0 Å². The van der Waals surface area contributed by atoms with E-state index in [1.54, 1.807) is 29.2 Å². The molecule has 9 heteroatoms. The summed E-state index contributed by atoms with van der Waals surface area (Å²) in [5.41, 5.74) is 7.48. The molecule has 0 radical (unpaired) electrons. The van der Waals surface area contributed by atoms with Crippen LogP contribution in [0.4, 0.5) is 9.18 Å². The van der Waals surface area contributed by atoms with E-state index in [2.05, 4.69) is 0 Å². The molecule has 0 aliphatic carbocycles. The number of halogens is 1. The van der Waals surface area contributed by atoms with Gasteiger partial charge in [0.1, 0.15) is 11.4 Å². The summed E-state index contributed by atoms with van der Waals surface area (Å²) in [6.45, 7) is 8.29. The van der Waals surface area contributed by atoms with Gasteiger partial charge in [0.15, 0.2) is 0 Å². The highest BCUT2D eigenvalue weighted by atomic mass is 32.2. The zero-order valence-electron chi connectivity index (χ0n) is 18.1. The Bertz CT molecular complexity index is 986. The molecule has 0 bridgehead atoms. The number of ether oxygens (including phenoxy) is 1. The molecule has 0 aromatic heterocycles. The summed E-state index contributed by atoms with van der Waals surface area (Å²) in [5.74, 6) is -0.257. The zero-order valence-corrected chi connectivity index (χ0v) is 18.9. The fraction of sp³-hybridized carbons (Fsp3) is 0.409. The first-order valence-electron chi connectivity index (χ1n) is 9.79. The molecule has 170 valence electrons. The molecule has 1 saturated heterocycles. The molecule has 0 unspecified atom stereocenters. The third kappa shape index (κ3) is 7.61. The van der Waals surface area contributed by atoms with Crippen molar-refractivity contribution in [3.8, 4) is 0 Å². The second-order valence-electron chi connectivity index (χ2n) is 8.50. The SMILES string of the molecule is CC(C)(C)OC(=O)N1C[C@H](N)[C@H](c2ccc(F)cc2)C1.Cc1ccc(S(=O)(=O)O)cc1. The predicted octanol–water partition coefficient (Wildman–Crippen LogP) is 3.73. The minimum absolute atomic E-state index is 0.0168. The van der Waals surface area contributed by atoms with Gasteiger partial charge < -0.3 is 15.4 Å². The molecule has 3 rings (SSSR count). The van der Waals surface area contributed by atoms with Gasteiger partial charge in [-0.05, 0) is 57.5 Å². The van der Waals surface area contributed by atoms with E-state index < -0.39 is 15.7 Å². The van der Waals surface area contributed by atoms with E-state index in [9.17, 15) is 17.6 Å². The van der Waals surface area contributed by atoms with Crippen LogP contribution in [0.3, 0.4) is 0 Å². The molecule has 1 heterocycles. The van der Waals surface area contributed by atoms with E-state index in [1.165, 1.54) is 24.3 Å². The van der Waals surface area contributed by atoms with Gasteiger partial charge in [-0.3, -0.25) is 4.55 Å². The van der Waals surface area contributed by atoms with Crippen LogP contribution in [0, 0.1) is 12.7 Å². The van der Waals surface area contributed by atoms with Gasteiger partial charge in [-0.1, -0.05) is 29.8 Å². The van der Waals surface area contributed by atoms with E-state index in [1.807, 2.05) is 27.7 Å². The number of aryl methyl sites for hydroxylation is 1. The molecule has 1 amide bonds. The maximum atomic E-state index is 12.9. The molecule has 2 aromatic carbocycles. The van der Waals surface area contributed by atoms with Crippen LogP contribution >= 0.6 is 0 Å². The lowest BCUT2D eigenvalue weighted by Gasteiger charge is -2.24. The lowest BCUT2D eigenvalue weighted by molar-refractivity contribution is 0.0290. The van der Waals surface area contributed by atoms with Crippen LogP contribution in [0.25, 0.3) is 0 Å². The predicted molar refractivity (Wildman–Crippen MR) is 116 cm³/mol. The van der Waals surface area contributed by atoms with Crippen molar-refractivity contribution >= 4 is 16.2 Å². The zero-order chi connectivity index (χ0) is 23.4. The second-order valence-corrected chi connectivity index (χ2v) is 9.92. The monoisotopic (exact) mass is 452 g/mol. The van der Waals surface area contributed by atoms with Crippen LogP contribution in [0.5, 0.6) is 0 Å². The van der Waals surface area contributed by atoms with Crippen molar-refractivity contribution < 1.29 is 26.9 Å². The van der Waals surface area contributed by atoms with Gasteiger partial charge in [0.05, 0.1) is 4.90 Å². The molecular weight excluding hydrogens is 423 g/mol. The molecule has 2 aromatic rings. The van der Waals surface area contributed by atoms with Crippen LogP contribution in [0.2, 0.25) is 0 Å². The van der Waals surface area contributed by atoms with Gasteiger partial charge in [0.25, 0.3) is 10.1 Å². The molecule has 3 N–H and O–H groups in total. The Morgan fingerprint density at radius 2 is 1.65 bits per heavy atom. The summed E-state index contributed by atoms with van der Waals surface area (Å²) < 4.78 is 47.8. The Labute approximate surface area is 182 Å². The number of benzene rings is 2. The summed E-state index contributed by atoms with van der Waals surface area (Å²) in [7, 11) is -4.02. The first-order chi connectivity index (χ1) is 14.3. The first kappa shape index (κ1) is 24.8. The minimum atomic E-state index is -4.02. The Morgan fingerprint density at radius 1 is 1.10 bits per heavy atom. The minimum Gasteiger partial charge on any atom is -0.444 e. The summed E-state index contributed by atoms with van der Waals surface area (Å²) in [6, 6.07) is 12.1. The smallest absolute Gasteiger partial charge is 0.410 e. The lowest BCUT2D eigenvalue weighted by Crippen LogP contribution is -2.36. The lowest BCUT2D eigenvalue weighted by atomic mass is 9.95. The summed E-state index contributed by atoms with van der Waals surface area (Å²) in [4.78, 5) is 13.6. The number of hydrogen-bond acceptors (Lipinski definition) is 5. The van der Waals surface area contributed by atoms with Crippen LogP contribution < -0.4 is 5.73 Å². The Hall–Kier alpha value is -2.49. The van der Waals surface area contributed by atoms with Gasteiger partial charge in [-0.15, -0.1) is 0 Å². The summed E-state index contributed by atoms with van der Waals surface area (Å²) >= 11 is 0. The van der Waals surface area contributed by atoms with E-state index in [0.29, 0.717) is 13.1 Å². The van der Waals surface area contributed by atoms with Crippen LogP contribution in [-0.4, -0.2) is 48.7 Å². The van der Waals surface area contributed by atoms with Gasteiger partial charge >= 0.3 is 6.09 Å². The van der Waals surface area contributed by atoms with Crippen molar-refractivity contribution in [2.75, 3.05) is 13.1 Å². The number of carbonyl (C=O) groups excluding carboxylic acids is 1. The normalized spacial score (nSPS) is 18.9. The van der Waals surface area contributed by atoms with Gasteiger partial charge in [-0.2, -0.15) is 8.42 Å². The third-order valence-corrected chi connectivity index (χ3v) is 5.50. The van der Waals surface area contributed by atoms with E-state index >= 15 is 0 Å². The molecule has 1 fully saturated rings. The van der Waals surface area contributed by atoms with Gasteiger partial charge in [-0.25, -0.2) is 9.18 Å². The van der Waals surface area contributed by atoms with Crippen LogP contribution in [0.1, 0.15) is 37.8 Å². The topological polar surface area (TPSA) is 110 Å². The molecule has 7 nitrogen and oxygen atoms in total. The van der Waals surface area contributed by atoms with Crippen molar-refractivity contribution in [1.29, 1.82) is 0 Å². The standard InChI is InChI=1S/C15H21FN2O2.C7H8O3S/c1-15(2,3)20-14(19)18-8-12(13(17)9-18)10-4-6-11(16)7-5-10;1-6-2-4-7(5-3-6)11(8,9)10/h4-7,12-13H,8-9,17H2,1-3H3;2-5H,1H3,(H,8,9,10)/t12-,13-;/m0./s1. The maximum absolute atomic E-state index is 12.9. The molecule has 1 aliphatic heterocycles. The number of rotatable bonds is 2. The molecule has 2 atom stereocenters. The Balaban J connectivity index is 0.000000262. The van der Waals surface area contributed by atoms with Crippen molar-refractivity contribution in [3.05, 3.63) is 65.5 Å². The average Bonchev–Trinajstić information content (AvgIpc) is 3.03. The van der Waals surface area contributed by atoms with Crippen LogP contribution in [-0.2, 0) is 14.9 Å². The highest BCUT2D eigenvalue weighted by molar-refractivity contribution is 7.85. The number of carbonyl (C=O) groups is 1. The summed E-state index contributed by atoms with van der Waals surface area (Å²) in [6.07, 6.45) is -0.349. The van der Waals surface area contributed by atoms with Crippen molar-refractivity contribution in [2.24, 2.45) is 5.73 Å². The summed E-state index contributed by atoms with van der Waals surface area (Å²) in [5, 5.41) is 0. The Kier molecular flexibility index (Phi) is 7.80. The third-order valence-electron chi connectivity index (χ3n) is 4.63. The molecule has 0 saturated carbocycles. The Morgan fingerprint density at radius 3 is 2.13 bits per heavy atom. The van der Waals surface area contributed by atoms with Gasteiger partial charge in [0, 0.05) is 25.0 Å². The molecule has 0 spiro atoms. The number of nitrogens with zero attached hydrogens (tertiary/aromatic N) is 1. The highest BCUT2D eigenvalue weighted by Crippen LogP contribution is 2.27. The quantitative estimate of drug-likeness (QED) is 0.672. The van der Waals surface area contributed by atoms with E-state index in [-0.39, 0.29) is 28.8 Å². The van der Waals surface area contributed by atoms with E-state index in [0.717, 1.165) is 11.1 Å². The molecule has 1 aliphatic rings.